The first-order chi connectivity index (χ1) is 7.97. The molecule has 3 atom stereocenters. The highest BCUT2D eigenvalue weighted by atomic mass is 16.2. The van der Waals surface area contributed by atoms with Crippen molar-refractivity contribution in [2.45, 2.75) is 40.5 Å². The monoisotopic (exact) mass is 237 g/mol. The molecule has 1 fully saturated rings. The minimum atomic E-state index is 0.119. The molecule has 98 valence electrons. The van der Waals surface area contributed by atoms with Crippen molar-refractivity contribution < 1.29 is 4.79 Å². The first kappa shape index (κ1) is 14.3. The van der Waals surface area contributed by atoms with E-state index in [1.54, 1.807) is 0 Å². The maximum atomic E-state index is 12.5. The second-order valence-corrected chi connectivity index (χ2v) is 5.90. The molecule has 0 aromatic carbocycles. The third-order valence-corrected chi connectivity index (χ3v) is 4.19. The van der Waals surface area contributed by atoms with E-state index in [9.17, 15) is 4.79 Å². The van der Waals surface area contributed by atoms with Gasteiger partial charge in [-0.05, 0) is 30.6 Å². The number of rotatable bonds is 4. The Kier molecular flexibility index (Phi) is 5.23. The van der Waals surface area contributed by atoms with Gasteiger partial charge in [0.2, 0.25) is 5.91 Å². The van der Waals surface area contributed by atoms with Crippen LogP contribution in [0.2, 0.25) is 0 Å². The molecule has 0 aliphatic carbocycles. The van der Waals surface area contributed by atoms with Gasteiger partial charge in [0.15, 0.2) is 0 Å². The van der Waals surface area contributed by atoms with Crippen molar-refractivity contribution in [2.75, 3.05) is 13.1 Å². The van der Waals surface area contributed by atoms with E-state index in [2.05, 4.69) is 39.2 Å². The summed E-state index contributed by atoms with van der Waals surface area (Å²) in [5.74, 6) is 2.22. The molecule has 0 radical (unpaired) electrons. The van der Waals surface area contributed by atoms with Gasteiger partial charge in [0.05, 0.1) is 0 Å². The van der Waals surface area contributed by atoms with Gasteiger partial charge < -0.3 is 4.90 Å². The van der Waals surface area contributed by atoms with Gasteiger partial charge in [0.25, 0.3) is 0 Å². The number of nitrogens with zero attached hydrogens (tertiary/aromatic N) is 1. The van der Waals surface area contributed by atoms with Crippen LogP contribution >= 0.6 is 0 Å². The highest BCUT2D eigenvalue weighted by molar-refractivity contribution is 5.79. The molecule has 0 saturated carbocycles. The lowest BCUT2D eigenvalue weighted by molar-refractivity contribution is -0.139. The Hall–Kier alpha value is -0.790. The summed E-state index contributed by atoms with van der Waals surface area (Å²) in [6.45, 7) is 14.4. The molecule has 1 rings (SSSR count). The van der Waals surface area contributed by atoms with E-state index >= 15 is 0 Å². The topological polar surface area (TPSA) is 20.3 Å². The molecule has 0 bridgehead atoms. The van der Waals surface area contributed by atoms with E-state index in [1.165, 1.54) is 0 Å². The van der Waals surface area contributed by atoms with E-state index in [0.717, 1.165) is 31.8 Å². The largest absolute Gasteiger partial charge is 0.342 e. The molecule has 17 heavy (non-hydrogen) atoms. The van der Waals surface area contributed by atoms with Gasteiger partial charge in [0, 0.05) is 19.0 Å². The smallest absolute Gasteiger partial charge is 0.226 e. The molecule has 0 spiro atoms. The quantitative estimate of drug-likeness (QED) is 0.687. The lowest BCUT2D eigenvalue weighted by atomic mass is 9.86. The van der Waals surface area contributed by atoms with E-state index in [1.807, 2.05) is 6.08 Å². The number of hydrogen-bond donors (Lipinski definition) is 0. The van der Waals surface area contributed by atoms with Crippen LogP contribution < -0.4 is 0 Å². The Morgan fingerprint density at radius 3 is 2.53 bits per heavy atom. The number of amides is 1. The van der Waals surface area contributed by atoms with Gasteiger partial charge in [-0.1, -0.05) is 33.8 Å². The van der Waals surface area contributed by atoms with E-state index < -0.39 is 0 Å². The molecule has 0 aromatic heterocycles. The van der Waals surface area contributed by atoms with Gasteiger partial charge in [0.1, 0.15) is 0 Å². The van der Waals surface area contributed by atoms with Crippen LogP contribution in [0.5, 0.6) is 0 Å². The maximum absolute atomic E-state index is 12.5. The van der Waals surface area contributed by atoms with Crippen LogP contribution in [0.1, 0.15) is 40.5 Å². The second-order valence-electron chi connectivity index (χ2n) is 5.90. The first-order valence-electron chi connectivity index (χ1n) is 6.87. The number of carbonyl (C=O) groups excluding carboxylic acids is 1. The van der Waals surface area contributed by atoms with Crippen molar-refractivity contribution >= 4 is 5.91 Å². The third-order valence-electron chi connectivity index (χ3n) is 4.19. The summed E-state index contributed by atoms with van der Waals surface area (Å²) in [5, 5.41) is 0. The van der Waals surface area contributed by atoms with Crippen molar-refractivity contribution in [1.29, 1.82) is 0 Å². The average molecular weight is 237 g/mol. The predicted octanol–water partition coefficient (Wildman–Crippen LogP) is 3.34. The minimum absolute atomic E-state index is 0.119. The molecule has 1 heterocycles. The third kappa shape index (κ3) is 3.58. The maximum Gasteiger partial charge on any atom is 0.226 e. The van der Waals surface area contributed by atoms with Crippen LogP contribution in [0.15, 0.2) is 12.7 Å². The van der Waals surface area contributed by atoms with Crippen LogP contribution in [-0.4, -0.2) is 23.9 Å². The summed E-state index contributed by atoms with van der Waals surface area (Å²) < 4.78 is 0. The normalized spacial score (nSPS) is 27.0. The average Bonchev–Trinajstić information content (AvgIpc) is 2.28. The Labute approximate surface area is 106 Å². The lowest BCUT2D eigenvalue weighted by Crippen LogP contribution is -2.45. The first-order valence-corrected chi connectivity index (χ1v) is 6.87. The standard InChI is InChI=1S/C15H27NO/c1-6-7-14(11(2)3)15(17)16-9-8-12(4)13(5)10-16/h6,11-14H,1,7-10H2,2-5H3/t12-,13+,14+/m1/s1. The fourth-order valence-corrected chi connectivity index (χ4v) is 2.54. The van der Waals surface area contributed by atoms with Crippen LogP contribution in [0.4, 0.5) is 0 Å². The van der Waals surface area contributed by atoms with Gasteiger partial charge in [-0.3, -0.25) is 4.79 Å². The zero-order chi connectivity index (χ0) is 13.0. The SMILES string of the molecule is C=CC[C@H](C(=O)N1CC[C@@H](C)[C@@H](C)C1)C(C)C. The molecular formula is C15H27NO. The van der Waals surface area contributed by atoms with E-state index in [-0.39, 0.29) is 5.92 Å². The Morgan fingerprint density at radius 1 is 1.41 bits per heavy atom. The number of allylic oxidation sites excluding steroid dienone is 1. The molecule has 1 amide bonds. The van der Waals surface area contributed by atoms with Gasteiger partial charge in [-0.2, -0.15) is 0 Å². The Balaban J connectivity index is 2.64. The van der Waals surface area contributed by atoms with Crippen molar-refractivity contribution in [3.05, 3.63) is 12.7 Å². The highest BCUT2D eigenvalue weighted by Gasteiger charge is 2.30. The molecular weight excluding hydrogens is 210 g/mol. The van der Waals surface area contributed by atoms with Gasteiger partial charge >= 0.3 is 0 Å². The molecule has 1 saturated heterocycles. The number of hydrogen-bond acceptors (Lipinski definition) is 1. The summed E-state index contributed by atoms with van der Waals surface area (Å²) in [6, 6.07) is 0. The van der Waals surface area contributed by atoms with Crippen LogP contribution in [0, 0.1) is 23.7 Å². The number of carbonyl (C=O) groups is 1. The number of likely N-dealkylation sites (tertiary alicyclic amines) is 1. The predicted molar refractivity (Wildman–Crippen MR) is 72.7 cm³/mol. The van der Waals surface area contributed by atoms with Crippen LogP contribution in [0.25, 0.3) is 0 Å². The fraction of sp³-hybridized carbons (Fsp3) is 0.800. The van der Waals surface area contributed by atoms with Crippen molar-refractivity contribution in [1.82, 2.24) is 4.90 Å². The highest BCUT2D eigenvalue weighted by Crippen LogP contribution is 2.26. The van der Waals surface area contributed by atoms with Crippen molar-refractivity contribution in [3.8, 4) is 0 Å². The molecule has 1 aliphatic heterocycles. The molecule has 0 aromatic rings. The van der Waals surface area contributed by atoms with Crippen molar-refractivity contribution in [3.63, 3.8) is 0 Å². The van der Waals surface area contributed by atoms with E-state index in [4.69, 9.17) is 0 Å². The van der Waals surface area contributed by atoms with E-state index in [0.29, 0.717) is 17.7 Å². The summed E-state index contributed by atoms with van der Waals surface area (Å²) in [5.41, 5.74) is 0. The fourth-order valence-electron chi connectivity index (χ4n) is 2.54. The lowest BCUT2D eigenvalue weighted by Gasteiger charge is -2.37. The summed E-state index contributed by atoms with van der Waals surface area (Å²) in [7, 11) is 0. The second kappa shape index (κ2) is 6.23. The van der Waals surface area contributed by atoms with Gasteiger partial charge in [-0.15, -0.1) is 6.58 Å². The Bertz CT molecular complexity index is 272. The Morgan fingerprint density at radius 2 is 2.06 bits per heavy atom. The molecule has 0 N–H and O–H groups in total. The summed E-state index contributed by atoms with van der Waals surface area (Å²) in [4.78, 5) is 14.5. The van der Waals surface area contributed by atoms with Gasteiger partial charge in [-0.25, -0.2) is 0 Å². The zero-order valence-corrected chi connectivity index (χ0v) is 11.8. The van der Waals surface area contributed by atoms with Crippen molar-refractivity contribution in [2.24, 2.45) is 23.7 Å². The zero-order valence-electron chi connectivity index (χ0n) is 11.8. The number of piperidine rings is 1. The summed E-state index contributed by atoms with van der Waals surface area (Å²) >= 11 is 0. The minimum Gasteiger partial charge on any atom is -0.342 e. The molecule has 1 aliphatic rings. The molecule has 0 unspecified atom stereocenters. The summed E-state index contributed by atoms with van der Waals surface area (Å²) in [6.07, 6.45) is 3.82. The molecule has 2 nitrogen and oxygen atoms in total. The van der Waals surface area contributed by atoms with Crippen LogP contribution in [-0.2, 0) is 4.79 Å². The molecule has 2 heteroatoms. The van der Waals surface area contributed by atoms with Crippen LogP contribution in [0.3, 0.4) is 0 Å².